The van der Waals surface area contributed by atoms with Gasteiger partial charge in [0.25, 0.3) is 0 Å². The van der Waals surface area contributed by atoms with Crippen molar-refractivity contribution in [3.05, 3.63) is 0 Å². The van der Waals surface area contributed by atoms with Gasteiger partial charge in [0.15, 0.2) is 0 Å². The van der Waals surface area contributed by atoms with Crippen molar-refractivity contribution in [2.24, 2.45) is 0 Å². The van der Waals surface area contributed by atoms with Crippen LogP contribution in [-0.4, -0.2) is 54.4 Å². The second kappa shape index (κ2) is 7.11. The van der Waals surface area contributed by atoms with Crippen LogP contribution in [0, 0.1) is 0 Å². The number of esters is 1. The minimum Gasteiger partial charge on any atom is -0.408 e. The molecule has 0 aliphatic heterocycles. The van der Waals surface area contributed by atoms with Gasteiger partial charge in [-0.1, -0.05) is 0 Å². The van der Waals surface area contributed by atoms with Crippen LogP contribution in [0.2, 0.25) is 0 Å². The Balaban J connectivity index is 6.47. The van der Waals surface area contributed by atoms with Crippen molar-refractivity contribution in [1.82, 2.24) is 0 Å². The number of ether oxygens (including phenoxy) is 2. The van der Waals surface area contributed by atoms with E-state index in [0.29, 0.717) is 0 Å². The third-order valence-corrected chi connectivity index (χ3v) is 2.58. The van der Waals surface area contributed by atoms with Crippen molar-refractivity contribution in [3.8, 4) is 0 Å². The van der Waals surface area contributed by atoms with Gasteiger partial charge < -0.3 is 4.74 Å². The Kier molecular flexibility index (Phi) is 6.67. The number of carbonyl (C=O) groups excluding carboxylic acids is 1. The zero-order chi connectivity index (χ0) is 25.0. The van der Waals surface area contributed by atoms with Gasteiger partial charge >= 0.3 is 54.4 Å². The van der Waals surface area contributed by atoms with Crippen molar-refractivity contribution < 1.29 is 93.3 Å². The summed E-state index contributed by atoms with van der Waals surface area (Å²) in [6.45, 7) is 0. The molecular formula is C9F18O3. The fraction of sp³-hybridized carbons (Fsp3) is 0.889. The third kappa shape index (κ3) is 4.58. The summed E-state index contributed by atoms with van der Waals surface area (Å²) in [7, 11) is 0. The van der Waals surface area contributed by atoms with Crippen LogP contribution in [0.25, 0.3) is 0 Å². The lowest BCUT2D eigenvalue weighted by molar-refractivity contribution is -0.480. The molecule has 1 atom stereocenters. The van der Waals surface area contributed by atoms with Crippen molar-refractivity contribution in [1.29, 1.82) is 0 Å². The van der Waals surface area contributed by atoms with E-state index < -0.39 is 54.4 Å². The fourth-order valence-corrected chi connectivity index (χ4v) is 1.09. The van der Waals surface area contributed by atoms with Crippen LogP contribution >= 0.6 is 0 Å². The molecule has 30 heavy (non-hydrogen) atoms. The number of rotatable bonds is 5. The Morgan fingerprint density at radius 2 is 0.833 bits per heavy atom. The molecule has 0 fully saturated rings. The normalized spacial score (nSPS) is 17.5. The van der Waals surface area contributed by atoms with Gasteiger partial charge in [0.1, 0.15) is 0 Å². The van der Waals surface area contributed by atoms with Crippen LogP contribution in [0.4, 0.5) is 79.0 Å². The highest BCUT2D eigenvalue weighted by Gasteiger charge is 2.83. The van der Waals surface area contributed by atoms with Crippen LogP contribution in [0.15, 0.2) is 0 Å². The van der Waals surface area contributed by atoms with Gasteiger partial charge in [-0.05, 0) is 0 Å². The van der Waals surface area contributed by atoms with E-state index in [1.807, 2.05) is 0 Å². The summed E-state index contributed by atoms with van der Waals surface area (Å²) in [6.07, 6.45) is -38.2. The van der Waals surface area contributed by atoms with Crippen molar-refractivity contribution in [2.75, 3.05) is 0 Å². The van der Waals surface area contributed by atoms with Crippen molar-refractivity contribution in [3.63, 3.8) is 0 Å². The first kappa shape index (κ1) is 28.2. The molecule has 180 valence electrons. The minimum absolute atomic E-state index is 1.34. The molecule has 0 N–H and O–H groups in total. The molecule has 0 aliphatic carbocycles. The molecule has 0 rings (SSSR count). The first-order valence-electron chi connectivity index (χ1n) is 5.92. The first-order valence-corrected chi connectivity index (χ1v) is 5.92. The standard InChI is InChI=1S/C9F18O3/c10-2(5(14,15)16,30-9(26,27)3(11,12)6(17,18)19)1(28)29-4(13,7(20,21)22)8(23,24)25. The molecule has 1 unspecified atom stereocenters. The maximum absolute atomic E-state index is 13.5. The zero-order valence-electron chi connectivity index (χ0n) is 12.5. The quantitative estimate of drug-likeness (QED) is 0.379. The highest BCUT2D eigenvalue weighted by Crippen LogP contribution is 2.53. The summed E-state index contributed by atoms with van der Waals surface area (Å²) in [5.41, 5.74) is 0. The molecule has 0 aromatic rings. The van der Waals surface area contributed by atoms with Crippen LogP contribution in [0.1, 0.15) is 0 Å². The Labute approximate surface area is 149 Å². The van der Waals surface area contributed by atoms with Crippen LogP contribution in [0.5, 0.6) is 0 Å². The number of hydrogen-bond donors (Lipinski definition) is 0. The highest BCUT2D eigenvalue weighted by atomic mass is 19.4. The number of carbonyl (C=O) groups is 1. The smallest absolute Gasteiger partial charge is 0.408 e. The van der Waals surface area contributed by atoms with Gasteiger partial charge in [-0.25, -0.2) is 4.79 Å². The van der Waals surface area contributed by atoms with Crippen LogP contribution in [-0.2, 0) is 14.3 Å². The number of alkyl halides is 18. The predicted octanol–water partition coefficient (Wildman–Crippen LogP) is 5.36. The fourth-order valence-electron chi connectivity index (χ4n) is 1.09. The van der Waals surface area contributed by atoms with Crippen LogP contribution < -0.4 is 0 Å². The maximum Gasteiger partial charge on any atom is 0.470 e. The van der Waals surface area contributed by atoms with E-state index >= 15 is 0 Å². The van der Waals surface area contributed by atoms with Gasteiger partial charge in [-0.3, -0.25) is 4.74 Å². The molecule has 0 aromatic carbocycles. The summed E-state index contributed by atoms with van der Waals surface area (Å²) < 4.78 is 225. The summed E-state index contributed by atoms with van der Waals surface area (Å²) in [4.78, 5) is 10.7. The minimum atomic E-state index is -7.80. The molecule has 0 spiro atoms. The molecular weight excluding hydrogens is 498 g/mol. The number of halogens is 18. The summed E-state index contributed by atoms with van der Waals surface area (Å²) in [5.74, 6) is -28.0. The lowest BCUT2D eigenvalue weighted by Gasteiger charge is -2.35. The van der Waals surface area contributed by atoms with E-state index in [4.69, 9.17) is 0 Å². The van der Waals surface area contributed by atoms with E-state index in [2.05, 4.69) is 0 Å². The summed E-state index contributed by atoms with van der Waals surface area (Å²) >= 11 is 0. The van der Waals surface area contributed by atoms with E-state index in [1.165, 1.54) is 4.74 Å². The summed E-state index contributed by atoms with van der Waals surface area (Å²) in [6, 6.07) is 0. The highest BCUT2D eigenvalue weighted by molar-refractivity contribution is 5.79. The van der Waals surface area contributed by atoms with E-state index in [9.17, 15) is 83.8 Å². The third-order valence-electron chi connectivity index (χ3n) is 2.58. The summed E-state index contributed by atoms with van der Waals surface area (Å²) in [5, 5.41) is 0. The Bertz CT molecular complexity index is 623. The van der Waals surface area contributed by atoms with E-state index in [0.717, 1.165) is 0 Å². The number of hydrogen-bond acceptors (Lipinski definition) is 3. The Hall–Kier alpha value is -1.83. The van der Waals surface area contributed by atoms with E-state index in [1.54, 1.807) is 4.74 Å². The second-order valence-corrected chi connectivity index (χ2v) is 4.76. The largest absolute Gasteiger partial charge is 0.470 e. The van der Waals surface area contributed by atoms with Gasteiger partial charge in [-0.2, -0.15) is 79.0 Å². The van der Waals surface area contributed by atoms with Gasteiger partial charge in [-0.15, -0.1) is 0 Å². The second-order valence-electron chi connectivity index (χ2n) is 4.76. The molecule has 0 aliphatic rings. The Morgan fingerprint density at radius 1 is 0.500 bits per heavy atom. The monoisotopic (exact) mass is 498 g/mol. The lowest BCUT2D eigenvalue weighted by atomic mass is 10.2. The zero-order valence-corrected chi connectivity index (χ0v) is 12.5. The average Bonchev–Trinajstić information content (AvgIpc) is 2.41. The average molecular weight is 498 g/mol. The molecule has 0 radical (unpaired) electrons. The SMILES string of the molecule is O=C(OC(F)(C(F)(F)F)C(F)(F)F)C(F)(OC(F)(F)C(F)(F)C(F)(F)F)C(F)(F)F. The molecule has 0 bridgehead atoms. The van der Waals surface area contributed by atoms with Gasteiger partial charge in [0.05, 0.1) is 0 Å². The van der Waals surface area contributed by atoms with E-state index in [-0.39, 0.29) is 0 Å². The molecule has 0 heterocycles. The first-order chi connectivity index (χ1) is 12.6. The molecule has 0 amide bonds. The molecule has 0 saturated carbocycles. The van der Waals surface area contributed by atoms with Crippen molar-refractivity contribution >= 4 is 5.97 Å². The van der Waals surface area contributed by atoms with Gasteiger partial charge in [0, 0.05) is 0 Å². The molecule has 21 heteroatoms. The molecule has 0 aromatic heterocycles. The molecule has 0 saturated heterocycles. The predicted molar refractivity (Wildman–Crippen MR) is 49.0 cm³/mol. The topological polar surface area (TPSA) is 35.5 Å². The van der Waals surface area contributed by atoms with Gasteiger partial charge in [0.2, 0.25) is 0 Å². The maximum atomic E-state index is 13.5. The Morgan fingerprint density at radius 3 is 1.07 bits per heavy atom. The van der Waals surface area contributed by atoms with Crippen LogP contribution in [0.3, 0.4) is 0 Å². The van der Waals surface area contributed by atoms with Crippen molar-refractivity contribution in [2.45, 2.75) is 48.4 Å². The molecule has 3 nitrogen and oxygen atoms in total. The lowest BCUT2D eigenvalue weighted by Crippen LogP contribution is -2.64.